The van der Waals surface area contributed by atoms with Gasteiger partial charge < -0.3 is 10.6 Å². The molecule has 39 heavy (non-hydrogen) atoms. The summed E-state index contributed by atoms with van der Waals surface area (Å²) in [4.78, 5) is 27.3. The van der Waals surface area contributed by atoms with Crippen LogP contribution in [0.1, 0.15) is 10.4 Å². The first-order chi connectivity index (χ1) is 19.2. The molecule has 0 saturated carbocycles. The Kier molecular flexibility index (Phi) is 8.06. The van der Waals surface area contributed by atoms with Gasteiger partial charge in [0.05, 0.1) is 0 Å². The summed E-state index contributed by atoms with van der Waals surface area (Å²) in [5, 5.41) is 9.14. The molecule has 5 rings (SSSR count). The van der Waals surface area contributed by atoms with E-state index in [1.165, 1.54) is 0 Å². The van der Waals surface area contributed by atoms with E-state index in [0.717, 1.165) is 15.9 Å². The second-order valence-electron chi connectivity index (χ2n) is 8.91. The molecule has 5 heteroatoms. The van der Waals surface area contributed by atoms with Crippen LogP contribution in [0.3, 0.4) is 0 Å². The number of anilines is 1. The lowest BCUT2D eigenvalue weighted by Gasteiger charge is -2.25. The van der Waals surface area contributed by atoms with Crippen molar-refractivity contribution in [1.82, 2.24) is 5.32 Å². The van der Waals surface area contributed by atoms with Gasteiger partial charge in [0.25, 0.3) is 11.8 Å². The van der Waals surface area contributed by atoms with Crippen LogP contribution in [0.4, 0.5) is 5.69 Å². The SMILES string of the molecule is O=C(Nc1ccccc1)/C(=C/[P+](c1ccccc1)(c1ccccc1)c1ccccc1)NC(=O)c1ccccc1. The Morgan fingerprint density at radius 1 is 0.513 bits per heavy atom. The highest BCUT2D eigenvalue weighted by Gasteiger charge is 2.45. The smallest absolute Gasteiger partial charge is 0.275 e. The highest BCUT2D eigenvalue weighted by Crippen LogP contribution is 2.57. The van der Waals surface area contributed by atoms with Crippen molar-refractivity contribution >= 4 is 40.7 Å². The van der Waals surface area contributed by atoms with Crippen LogP contribution in [0.15, 0.2) is 163 Å². The fourth-order valence-electron chi connectivity index (χ4n) is 4.51. The van der Waals surface area contributed by atoms with Crippen LogP contribution >= 0.6 is 7.26 Å². The number of carbonyl (C=O) groups excluding carboxylic acids is 2. The minimum absolute atomic E-state index is 0.192. The van der Waals surface area contributed by atoms with Crippen LogP contribution in [0, 0.1) is 0 Å². The molecule has 0 aromatic heterocycles. The average Bonchev–Trinajstić information content (AvgIpc) is 3.01. The predicted molar refractivity (Wildman–Crippen MR) is 162 cm³/mol. The summed E-state index contributed by atoms with van der Waals surface area (Å²) < 4.78 is 0. The zero-order chi connectivity index (χ0) is 26.9. The highest BCUT2D eigenvalue weighted by atomic mass is 31.2. The van der Waals surface area contributed by atoms with Crippen molar-refractivity contribution in [2.75, 3.05) is 5.32 Å². The molecule has 0 fully saturated rings. The van der Waals surface area contributed by atoms with Gasteiger partial charge in [-0.2, -0.15) is 0 Å². The molecule has 190 valence electrons. The van der Waals surface area contributed by atoms with Crippen LogP contribution in [-0.4, -0.2) is 11.8 Å². The molecule has 5 aromatic rings. The first-order valence-electron chi connectivity index (χ1n) is 12.7. The number of nitrogens with one attached hydrogen (secondary N) is 2. The van der Waals surface area contributed by atoms with Crippen molar-refractivity contribution in [3.63, 3.8) is 0 Å². The van der Waals surface area contributed by atoms with Crippen molar-refractivity contribution < 1.29 is 9.59 Å². The van der Waals surface area contributed by atoms with E-state index >= 15 is 0 Å². The van der Waals surface area contributed by atoms with Crippen LogP contribution in [0.5, 0.6) is 0 Å². The van der Waals surface area contributed by atoms with Gasteiger partial charge in [-0.05, 0) is 60.7 Å². The van der Waals surface area contributed by atoms with Gasteiger partial charge in [-0.1, -0.05) is 91.0 Å². The molecule has 0 spiro atoms. The Balaban J connectivity index is 1.73. The summed E-state index contributed by atoms with van der Waals surface area (Å²) in [6.07, 6.45) is 0. The molecular weight excluding hydrogens is 499 g/mol. The van der Waals surface area contributed by atoms with Crippen molar-refractivity contribution in [3.05, 3.63) is 169 Å². The van der Waals surface area contributed by atoms with Crippen molar-refractivity contribution in [3.8, 4) is 0 Å². The van der Waals surface area contributed by atoms with E-state index in [0.29, 0.717) is 11.3 Å². The Labute approximate surface area is 229 Å². The molecule has 0 radical (unpaired) electrons. The third-order valence-corrected chi connectivity index (χ3v) is 10.4. The Morgan fingerprint density at radius 3 is 1.33 bits per heavy atom. The van der Waals surface area contributed by atoms with E-state index in [2.05, 4.69) is 47.0 Å². The number of para-hydroxylation sites is 1. The second-order valence-corrected chi connectivity index (χ2v) is 12.2. The molecule has 2 N–H and O–H groups in total. The van der Waals surface area contributed by atoms with E-state index in [1.807, 2.05) is 96.8 Å². The molecule has 0 aliphatic heterocycles. The number of benzene rings is 5. The van der Waals surface area contributed by atoms with Gasteiger partial charge >= 0.3 is 0 Å². The zero-order valence-corrected chi connectivity index (χ0v) is 22.2. The molecule has 2 amide bonds. The summed E-state index contributed by atoms with van der Waals surface area (Å²) in [7, 11) is -2.55. The van der Waals surface area contributed by atoms with Crippen LogP contribution in [-0.2, 0) is 4.79 Å². The first-order valence-corrected chi connectivity index (χ1v) is 14.5. The molecule has 0 heterocycles. The number of hydrogen-bond donors (Lipinski definition) is 2. The minimum Gasteiger partial charge on any atom is -0.321 e. The summed E-state index contributed by atoms with van der Waals surface area (Å²) in [6, 6.07) is 48.7. The standard InChI is InChI=1S/C34H27N2O2P/c37-33(27-16-6-1-7-17-27)36-32(34(38)35-28-18-8-2-9-19-28)26-39(29-20-10-3-11-21-29,30-22-12-4-13-23-30)31-24-14-5-15-25-31/h1-26H,(H-,35,36,37,38)/p+1/b32-26-. The van der Waals surface area contributed by atoms with E-state index in [-0.39, 0.29) is 11.6 Å². The summed E-state index contributed by atoms with van der Waals surface area (Å²) >= 11 is 0. The average molecular weight is 528 g/mol. The van der Waals surface area contributed by atoms with E-state index in [4.69, 9.17) is 0 Å². The maximum atomic E-state index is 13.9. The fourth-order valence-corrected chi connectivity index (χ4v) is 8.34. The van der Waals surface area contributed by atoms with Gasteiger partial charge in [0.15, 0.2) is 0 Å². The van der Waals surface area contributed by atoms with Crippen LogP contribution in [0.25, 0.3) is 0 Å². The molecule has 0 bridgehead atoms. The van der Waals surface area contributed by atoms with Crippen molar-refractivity contribution in [2.24, 2.45) is 0 Å². The van der Waals surface area contributed by atoms with E-state index < -0.39 is 13.2 Å². The zero-order valence-electron chi connectivity index (χ0n) is 21.3. The van der Waals surface area contributed by atoms with Crippen molar-refractivity contribution in [1.29, 1.82) is 0 Å². The normalized spacial score (nSPS) is 11.4. The number of hydrogen-bond acceptors (Lipinski definition) is 2. The van der Waals surface area contributed by atoms with E-state index in [9.17, 15) is 9.59 Å². The Hall–Kier alpha value is -4.79. The van der Waals surface area contributed by atoms with Gasteiger partial charge in [-0.3, -0.25) is 9.59 Å². The molecule has 0 atom stereocenters. The summed E-state index contributed by atoms with van der Waals surface area (Å²) in [5.41, 5.74) is 1.31. The van der Waals surface area contributed by atoms with Crippen LogP contribution < -0.4 is 26.5 Å². The molecule has 0 aliphatic carbocycles. The molecule has 0 saturated heterocycles. The van der Waals surface area contributed by atoms with Gasteiger partial charge in [0.1, 0.15) is 34.7 Å². The topological polar surface area (TPSA) is 58.2 Å². The van der Waals surface area contributed by atoms with Crippen LogP contribution in [0.2, 0.25) is 0 Å². The predicted octanol–water partition coefficient (Wildman–Crippen LogP) is 5.89. The van der Waals surface area contributed by atoms with Gasteiger partial charge in [-0.25, -0.2) is 0 Å². The molecule has 0 aliphatic rings. The summed E-state index contributed by atoms with van der Waals surface area (Å²) in [6.45, 7) is 0. The number of carbonyl (C=O) groups is 2. The van der Waals surface area contributed by atoms with Crippen molar-refractivity contribution in [2.45, 2.75) is 0 Å². The highest BCUT2D eigenvalue weighted by molar-refractivity contribution is 7.98. The first kappa shape index (κ1) is 25.8. The number of rotatable bonds is 8. The Morgan fingerprint density at radius 2 is 0.897 bits per heavy atom. The third-order valence-electron chi connectivity index (χ3n) is 6.37. The molecule has 4 nitrogen and oxygen atoms in total. The van der Waals surface area contributed by atoms with Gasteiger partial charge in [0, 0.05) is 11.3 Å². The monoisotopic (exact) mass is 527 g/mol. The number of amides is 2. The second kappa shape index (κ2) is 12.2. The lowest BCUT2D eigenvalue weighted by molar-refractivity contribution is -0.113. The fraction of sp³-hybridized carbons (Fsp3) is 0. The maximum Gasteiger partial charge on any atom is 0.275 e. The molecule has 0 unspecified atom stereocenters. The quantitative estimate of drug-likeness (QED) is 0.195. The van der Waals surface area contributed by atoms with E-state index in [1.54, 1.807) is 24.3 Å². The summed E-state index contributed by atoms with van der Waals surface area (Å²) in [5.74, 6) is 1.24. The minimum atomic E-state index is -2.55. The lowest BCUT2D eigenvalue weighted by atomic mass is 10.2. The largest absolute Gasteiger partial charge is 0.321 e. The third kappa shape index (κ3) is 5.87. The maximum absolute atomic E-state index is 13.9. The molecule has 5 aromatic carbocycles. The van der Waals surface area contributed by atoms with Gasteiger partial charge in [-0.15, -0.1) is 0 Å². The Bertz CT molecular complexity index is 1460. The van der Waals surface area contributed by atoms with Gasteiger partial charge in [0.2, 0.25) is 0 Å². The molecular formula is C34H28N2O2P+. The lowest BCUT2D eigenvalue weighted by Crippen LogP contribution is -2.35.